The number of benzene rings is 2. The first kappa shape index (κ1) is 19.1. The summed E-state index contributed by atoms with van der Waals surface area (Å²) in [5, 5.41) is 0.257. The number of oxazole rings is 1. The van der Waals surface area contributed by atoms with E-state index in [1.807, 2.05) is 0 Å². The Hall–Kier alpha value is -2.71. The molecule has 0 saturated heterocycles. The molecule has 0 atom stereocenters. The molecule has 0 amide bonds. The Balaban J connectivity index is 1.90. The number of aromatic nitrogens is 1. The first-order valence-corrected chi connectivity index (χ1v) is 9.67. The molecule has 0 radical (unpaired) electrons. The zero-order valence-corrected chi connectivity index (χ0v) is 16.4. The summed E-state index contributed by atoms with van der Waals surface area (Å²) in [6.07, 6.45) is 1.52. The molecule has 3 rings (SSSR count). The second-order valence-electron chi connectivity index (χ2n) is 5.57. The fourth-order valence-corrected chi connectivity index (χ4v) is 3.75. The molecule has 0 spiro atoms. The van der Waals surface area contributed by atoms with Gasteiger partial charge in [0.25, 0.3) is 10.0 Å². The Morgan fingerprint density at radius 1 is 1.07 bits per heavy atom. The van der Waals surface area contributed by atoms with Crippen LogP contribution in [0.2, 0.25) is 5.02 Å². The van der Waals surface area contributed by atoms with Crippen molar-refractivity contribution in [1.29, 1.82) is 0 Å². The van der Waals surface area contributed by atoms with Gasteiger partial charge < -0.3 is 13.9 Å². The normalized spacial score (nSPS) is 11.3. The van der Waals surface area contributed by atoms with Crippen molar-refractivity contribution in [2.45, 2.75) is 11.8 Å². The molecule has 9 heteroatoms. The van der Waals surface area contributed by atoms with Crippen LogP contribution in [0.25, 0.3) is 11.3 Å². The largest absolute Gasteiger partial charge is 0.495 e. The van der Waals surface area contributed by atoms with Crippen LogP contribution in [0.1, 0.15) is 5.89 Å². The summed E-state index contributed by atoms with van der Waals surface area (Å²) in [7, 11) is -0.963. The minimum absolute atomic E-state index is 0.0838. The van der Waals surface area contributed by atoms with Crippen molar-refractivity contribution in [2.75, 3.05) is 18.9 Å². The lowest BCUT2D eigenvalue weighted by atomic mass is 10.2. The molecule has 142 valence electrons. The average Bonchev–Trinajstić information content (AvgIpc) is 3.08. The number of halogens is 1. The quantitative estimate of drug-likeness (QED) is 0.659. The van der Waals surface area contributed by atoms with Gasteiger partial charge in [-0.3, -0.25) is 4.72 Å². The standard InChI is InChI=1S/C18H17ClN2O5S/c1-11-20-16(10-26-11)12-4-6-13(7-5-12)27(22,23)21-15-8-14(19)17(24-2)9-18(15)25-3/h4-10,21H,1-3H3. The van der Waals surface area contributed by atoms with E-state index < -0.39 is 10.0 Å². The van der Waals surface area contributed by atoms with Gasteiger partial charge in [-0.15, -0.1) is 0 Å². The van der Waals surface area contributed by atoms with E-state index in [9.17, 15) is 8.42 Å². The van der Waals surface area contributed by atoms with Crippen LogP contribution in [-0.4, -0.2) is 27.6 Å². The number of ether oxygens (including phenoxy) is 2. The maximum absolute atomic E-state index is 12.7. The third-order valence-corrected chi connectivity index (χ3v) is 5.47. The van der Waals surface area contributed by atoms with Gasteiger partial charge in [-0.25, -0.2) is 13.4 Å². The van der Waals surface area contributed by atoms with Gasteiger partial charge >= 0.3 is 0 Å². The summed E-state index contributed by atoms with van der Waals surface area (Å²) in [6, 6.07) is 9.23. The van der Waals surface area contributed by atoms with Crippen molar-refractivity contribution >= 4 is 27.3 Å². The van der Waals surface area contributed by atoms with Crippen LogP contribution in [0.4, 0.5) is 5.69 Å². The van der Waals surface area contributed by atoms with Crippen LogP contribution in [0.5, 0.6) is 11.5 Å². The molecule has 0 aliphatic carbocycles. The highest BCUT2D eigenvalue weighted by atomic mass is 35.5. The predicted molar refractivity (Wildman–Crippen MR) is 102 cm³/mol. The summed E-state index contributed by atoms with van der Waals surface area (Å²) in [5.74, 6) is 1.20. The average molecular weight is 409 g/mol. The topological polar surface area (TPSA) is 90.7 Å². The first-order valence-electron chi connectivity index (χ1n) is 7.81. The van der Waals surface area contributed by atoms with Gasteiger partial charge in [0, 0.05) is 18.6 Å². The minimum Gasteiger partial charge on any atom is -0.495 e. The number of sulfonamides is 1. The highest BCUT2D eigenvalue weighted by molar-refractivity contribution is 7.92. The third-order valence-electron chi connectivity index (χ3n) is 3.80. The molecule has 0 unspecified atom stereocenters. The fourth-order valence-electron chi connectivity index (χ4n) is 2.44. The summed E-state index contributed by atoms with van der Waals surface area (Å²) >= 11 is 6.09. The van der Waals surface area contributed by atoms with Crippen molar-refractivity contribution in [3.63, 3.8) is 0 Å². The number of aryl methyl sites for hydroxylation is 1. The number of hydrogen-bond acceptors (Lipinski definition) is 6. The number of anilines is 1. The Labute approximate surface area is 161 Å². The van der Waals surface area contributed by atoms with E-state index in [2.05, 4.69) is 9.71 Å². The van der Waals surface area contributed by atoms with Crippen LogP contribution in [0.15, 0.2) is 52.0 Å². The number of nitrogens with zero attached hydrogens (tertiary/aromatic N) is 1. The predicted octanol–water partition coefficient (Wildman–Crippen LogP) is 4.12. The van der Waals surface area contributed by atoms with Gasteiger partial charge in [-0.2, -0.15) is 0 Å². The smallest absolute Gasteiger partial charge is 0.262 e. The van der Waals surface area contributed by atoms with Crippen molar-refractivity contribution in [1.82, 2.24) is 4.98 Å². The van der Waals surface area contributed by atoms with E-state index in [4.69, 9.17) is 25.5 Å². The van der Waals surface area contributed by atoms with Crippen LogP contribution in [-0.2, 0) is 10.0 Å². The van der Waals surface area contributed by atoms with Gasteiger partial charge in [0.05, 0.1) is 29.8 Å². The van der Waals surface area contributed by atoms with Gasteiger partial charge in [0.15, 0.2) is 5.89 Å². The third kappa shape index (κ3) is 4.01. The minimum atomic E-state index is -3.85. The second-order valence-corrected chi connectivity index (χ2v) is 7.66. The fraction of sp³-hybridized carbons (Fsp3) is 0.167. The molecule has 0 aliphatic rings. The maximum atomic E-state index is 12.7. The summed E-state index contributed by atoms with van der Waals surface area (Å²) < 4.78 is 43.4. The zero-order valence-electron chi connectivity index (χ0n) is 14.8. The van der Waals surface area contributed by atoms with Gasteiger partial charge in [0.2, 0.25) is 0 Å². The van der Waals surface area contributed by atoms with E-state index in [-0.39, 0.29) is 21.4 Å². The molecule has 0 saturated carbocycles. The molecule has 7 nitrogen and oxygen atoms in total. The van der Waals surface area contributed by atoms with E-state index in [1.165, 1.54) is 44.7 Å². The Morgan fingerprint density at radius 3 is 2.30 bits per heavy atom. The van der Waals surface area contributed by atoms with Crippen LogP contribution >= 0.6 is 11.6 Å². The SMILES string of the molecule is COc1cc(OC)c(NS(=O)(=O)c2ccc(-c3coc(C)n3)cc2)cc1Cl. The summed E-state index contributed by atoms with van der Waals surface area (Å²) in [6.45, 7) is 1.74. The van der Waals surface area contributed by atoms with E-state index in [0.717, 1.165) is 5.56 Å². The van der Waals surface area contributed by atoms with E-state index in [1.54, 1.807) is 19.1 Å². The lowest BCUT2D eigenvalue weighted by Crippen LogP contribution is -2.13. The van der Waals surface area contributed by atoms with Crippen molar-refractivity contribution in [3.8, 4) is 22.8 Å². The first-order chi connectivity index (χ1) is 12.8. The molecule has 1 aromatic heterocycles. The molecular weight excluding hydrogens is 392 g/mol. The number of nitrogens with one attached hydrogen (secondary N) is 1. The second kappa shape index (κ2) is 7.50. The van der Waals surface area contributed by atoms with Gasteiger partial charge in [-0.05, 0) is 18.2 Å². The van der Waals surface area contributed by atoms with Crippen LogP contribution in [0, 0.1) is 6.92 Å². The monoisotopic (exact) mass is 408 g/mol. The Bertz CT molecular complexity index is 1060. The number of hydrogen-bond donors (Lipinski definition) is 1. The molecular formula is C18H17ClN2O5S. The molecule has 0 fully saturated rings. The summed E-state index contributed by atoms with van der Waals surface area (Å²) in [5.41, 5.74) is 1.59. The van der Waals surface area contributed by atoms with Crippen LogP contribution < -0.4 is 14.2 Å². The zero-order chi connectivity index (χ0) is 19.6. The number of methoxy groups -OCH3 is 2. The molecule has 1 heterocycles. The Morgan fingerprint density at radius 2 is 1.74 bits per heavy atom. The highest BCUT2D eigenvalue weighted by Crippen LogP contribution is 2.37. The van der Waals surface area contributed by atoms with Crippen molar-refractivity contribution in [2.24, 2.45) is 0 Å². The van der Waals surface area contributed by atoms with Crippen molar-refractivity contribution in [3.05, 3.63) is 53.6 Å². The van der Waals surface area contributed by atoms with E-state index in [0.29, 0.717) is 17.3 Å². The summed E-state index contributed by atoms with van der Waals surface area (Å²) in [4.78, 5) is 4.30. The van der Waals surface area contributed by atoms with Crippen LogP contribution in [0.3, 0.4) is 0 Å². The van der Waals surface area contributed by atoms with Crippen molar-refractivity contribution < 1.29 is 22.3 Å². The molecule has 27 heavy (non-hydrogen) atoms. The van der Waals surface area contributed by atoms with Gasteiger partial charge in [-0.1, -0.05) is 23.7 Å². The Kier molecular flexibility index (Phi) is 5.29. The molecule has 0 aliphatic heterocycles. The van der Waals surface area contributed by atoms with Gasteiger partial charge in [0.1, 0.15) is 23.5 Å². The maximum Gasteiger partial charge on any atom is 0.262 e. The number of rotatable bonds is 6. The molecule has 3 aromatic rings. The molecule has 2 aromatic carbocycles. The van der Waals surface area contributed by atoms with E-state index >= 15 is 0 Å². The highest BCUT2D eigenvalue weighted by Gasteiger charge is 2.19. The molecule has 0 bridgehead atoms. The molecule has 1 N–H and O–H groups in total. The lowest BCUT2D eigenvalue weighted by Gasteiger charge is -2.14. The lowest BCUT2D eigenvalue weighted by molar-refractivity contribution is 0.396.